The molecule has 0 atom stereocenters. The van der Waals surface area contributed by atoms with Crippen LogP contribution in [0.5, 0.6) is 0 Å². The van der Waals surface area contributed by atoms with Gasteiger partial charge in [0.15, 0.2) is 0 Å². The van der Waals surface area contributed by atoms with Crippen LogP contribution in [0.25, 0.3) is 0 Å². The zero-order valence-electron chi connectivity index (χ0n) is 10.8. The summed E-state index contributed by atoms with van der Waals surface area (Å²) in [4.78, 5) is 11.1. The highest BCUT2D eigenvalue weighted by atomic mass is 16.4. The van der Waals surface area contributed by atoms with Crippen LogP contribution in [-0.2, 0) is 11.3 Å². The van der Waals surface area contributed by atoms with Crippen molar-refractivity contribution in [3.05, 3.63) is 35.9 Å². The summed E-state index contributed by atoms with van der Waals surface area (Å²) in [6, 6.07) is 10.2. The van der Waals surface area contributed by atoms with E-state index in [0.29, 0.717) is 6.54 Å². The maximum absolute atomic E-state index is 11.1. The fourth-order valence-corrected chi connectivity index (χ4v) is 1.74. The van der Waals surface area contributed by atoms with Gasteiger partial charge in [0.2, 0.25) is 0 Å². The number of nitrogens with one attached hydrogen (secondary N) is 1. The lowest BCUT2D eigenvalue weighted by molar-refractivity contribution is -0.902. The molecule has 0 radical (unpaired) electrons. The number of nitrogens with zero attached hydrogens (tertiary/aromatic N) is 2. The zero-order chi connectivity index (χ0) is 13.4. The van der Waals surface area contributed by atoms with Crippen molar-refractivity contribution in [1.82, 2.24) is 5.32 Å². The van der Waals surface area contributed by atoms with Crippen LogP contribution in [-0.4, -0.2) is 49.0 Å². The number of carbonyl (C=O) groups excluding carboxylic acids is 1. The third-order valence-corrected chi connectivity index (χ3v) is 2.64. The van der Waals surface area contributed by atoms with E-state index in [1.807, 2.05) is 18.2 Å². The number of likely N-dealkylation sites (N-methyl/N-ethyl adjacent to an activating group) is 1. The van der Waals surface area contributed by atoms with Crippen molar-refractivity contribution in [2.45, 2.75) is 6.54 Å². The lowest BCUT2D eigenvalue weighted by Gasteiger charge is -2.29. The van der Waals surface area contributed by atoms with Gasteiger partial charge in [-0.15, -0.1) is 0 Å². The van der Waals surface area contributed by atoms with Crippen molar-refractivity contribution < 1.29 is 14.5 Å². The molecule has 0 aliphatic rings. The Labute approximate surface area is 107 Å². The third kappa shape index (κ3) is 5.45. The Balaban J connectivity index is 2.38. The highest BCUT2D eigenvalue weighted by Gasteiger charge is 2.15. The van der Waals surface area contributed by atoms with Crippen LogP contribution in [0.1, 0.15) is 5.56 Å². The molecule has 0 bridgehead atoms. The summed E-state index contributed by atoms with van der Waals surface area (Å²) in [5.74, 6) is -0.378. The van der Waals surface area contributed by atoms with Gasteiger partial charge >= 0.3 is 0 Å². The quantitative estimate of drug-likeness (QED) is 0.340. The van der Waals surface area contributed by atoms with Crippen molar-refractivity contribution in [2.24, 2.45) is 5.16 Å². The fraction of sp³-hybridized carbons (Fsp3) is 0.385. The average Bonchev–Trinajstić information content (AvgIpc) is 2.29. The molecule has 0 fully saturated rings. The van der Waals surface area contributed by atoms with Crippen molar-refractivity contribution in [3.8, 4) is 0 Å². The summed E-state index contributed by atoms with van der Waals surface area (Å²) in [6.07, 6.45) is 0.858. The smallest absolute Gasteiger partial charge is 0.266 e. The van der Waals surface area contributed by atoms with Crippen molar-refractivity contribution in [3.63, 3.8) is 0 Å². The van der Waals surface area contributed by atoms with E-state index in [0.717, 1.165) is 23.8 Å². The van der Waals surface area contributed by atoms with Crippen molar-refractivity contribution >= 4 is 12.1 Å². The second kappa shape index (κ2) is 6.76. The first kappa shape index (κ1) is 14.2. The summed E-state index contributed by atoms with van der Waals surface area (Å²) >= 11 is 0. The summed E-state index contributed by atoms with van der Waals surface area (Å²) in [7, 11) is 4.22. The number of benzene rings is 1. The van der Waals surface area contributed by atoms with Gasteiger partial charge in [0.05, 0.1) is 27.2 Å². The highest BCUT2D eigenvalue weighted by Crippen LogP contribution is 2.07. The number of hydrogen-bond donors (Lipinski definition) is 2. The molecule has 18 heavy (non-hydrogen) atoms. The molecular weight excluding hydrogens is 230 g/mol. The molecule has 1 rings (SSSR count). The Morgan fingerprint density at radius 2 is 2.06 bits per heavy atom. The van der Waals surface area contributed by atoms with Gasteiger partial charge in [-0.05, 0) is 0 Å². The first-order valence-corrected chi connectivity index (χ1v) is 5.85. The van der Waals surface area contributed by atoms with Crippen LogP contribution in [0.2, 0.25) is 0 Å². The maximum atomic E-state index is 11.1. The SMILES string of the molecule is C[N+](C)(CCNC(=O)/C=N/O)Cc1ccccc1. The molecule has 0 heterocycles. The predicted octanol–water partition coefficient (Wildman–Crippen LogP) is 0.839. The van der Waals surface area contributed by atoms with E-state index in [1.165, 1.54) is 5.56 Å². The molecule has 1 aromatic rings. The molecule has 0 aromatic heterocycles. The summed E-state index contributed by atoms with van der Waals surface area (Å²) in [5, 5.41) is 13.5. The molecular formula is C13H20N3O2+. The van der Waals surface area contributed by atoms with E-state index in [-0.39, 0.29) is 5.91 Å². The monoisotopic (exact) mass is 250 g/mol. The number of carbonyl (C=O) groups is 1. The Kier molecular flexibility index (Phi) is 5.32. The highest BCUT2D eigenvalue weighted by molar-refractivity contribution is 6.25. The molecule has 0 aliphatic heterocycles. The molecule has 98 valence electrons. The first-order valence-electron chi connectivity index (χ1n) is 5.85. The van der Waals surface area contributed by atoms with Gasteiger partial charge in [0.1, 0.15) is 12.8 Å². The topological polar surface area (TPSA) is 61.7 Å². The van der Waals surface area contributed by atoms with E-state index >= 15 is 0 Å². The van der Waals surface area contributed by atoms with Crippen LogP contribution in [0.4, 0.5) is 0 Å². The molecule has 1 aromatic carbocycles. The molecule has 1 amide bonds. The fourth-order valence-electron chi connectivity index (χ4n) is 1.74. The maximum Gasteiger partial charge on any atom is 0.266 e. The molecule has 0 aliphatic carbocycles. The van der Waals surface area contributed by atoms with Gasteiger partial charge in [0.25, 0.3) is 5.91 Å². The number of rotatable bonds is 6. The lowest BCUT2D eigenvalue weighted by Crippen LogP contribution is -2.44. The lowest BCUT2D eigenvalue weighted by atomic mass is 10.2. The summed E-state index contributed by atoms with van der Waals surface area (Å²) in [6.45, 7) is 2.26. The second-order valence-corrected chi connectivity index (χ2v) is 4.84. The van der Waals surface area contributed by atoms with Gasteiger partial charge in [-0.25, -0.2) is 0 Å². The van der Waals surface area contributed by atoms with Crippen LogP contribution < -0.4 is 5.32 Å². The Bertz CT molecular complexity index is 402. The first-order chi connectivity index (χ1) is 8.53. The summed E-state index contributed by atoms with van der Waals surface area (Å²) in [5.41, 5.74) is 1.27. The number of quaternary nitrogens is 1. The Morgan fingerprint density at radius 3 is 2.67 bits per heavy atom. The van der Waals surface area contributed by atoms with Gasteiger partial charge in [-0.2, -0.15) is 0 Å². The average molecular weight is 250 g/mol. The van der Waals surface area contributed by atoms with Gasteiger partial charge in [-0.1, -0.05) is 35.5 Å². The Hall–Kier alpha value is -1.88. The predicted molar refractivity (Wildman–Crippen MR) is 70.4 cm³/mol. The van der Waals surface area contributed by atoms with E-state index in [4.69, 9.17) is 5.21 Å². The molecule has 0 saturated carbocycles. The van der Waals surface area contributed by atoms with Crippen LogP contribution in [0, 0.1) is 0 Å². The Morgan fingerprint density at radius 1 is 1.39 bits per heavy atom. The van der Waals surface area contributed by atoms with Crippen LogP contribution in [0.3, 0.4) is 0 Å². The standard InChI is InChI=1S/C13H19N3O2/c1-16(2,9-8-14-13(17)10-15-18)11-12-6-4-3-5-7-12/h3-7,10H,8-9,11H2,1-2H3,(H-,14,17,18)/p+1. The van der Waals surface area contributed by atoms with E-state index in [2.05, 4.69) is 36.7 Å². The van der Waals surface area contributed by atoms with Crippen molar-refractivity contribution in [1.29, 1.82) is 0 Å². The minimum atomic E-state index is -0.378. The van der Waals surface area contributed by atoms with E-state index < -0.39 is 0 Å². The molecule has 0 unspecified atom stereocenters. The molecule has 5 nitrogen and oxygen atoms in total. The molecule has 0 spiro atoms. The van der Waals surface area contributed by atoms with E-state index in [9.17, 15) is 4.79 Å². The van der Waals surface area contributed by atoms with Gasteiger partial charge < -0.3 is 15.0 Å². The minimum absolute atomic E-state index is 0.378. The van der Waals surface area contributed by atoms with Gasteiger partial charge in [0, 0.05) is 5.56 Å². The normalized spacial score (nSPS) is 11.7. The van der Waals surface area contributed by atoms with Crippen molar-refractivity contribution in [2.75, 3.05) is 27.2 Å². The van der Waals surface area contributed by atoms with Crippen LogP contribution in [0.15, 0.2) is 35.5 Å². The largest absolute Gasteiger partial charge is 0.411 e. The second-order valence-electron chi connectivity index (χ2n) is 4.84. The number of oxime groups is 1. The summed E-state index contributed by atoms with van der Waals surface area (Å²) < 4.78 is 0.778. The number of amides is 1. The molecule has 5 heteroatoms. The van der Waals surface area contributed by atoms with E-state index in [1.54, 1.807) is 0 Å². The molecule has 0 saturated heterocycles. The zero-order valence-corrected chi connectivity index (χ0v) is 10.8. The molecule has 2 N–H and O–H groups in total. The van der Waals surface area contributed by atoms with Gasteiger partial charge in [-0.3, -0.25) is 4.79 Å². The number of hydrogen-bond acceptors (Lipinski definition) is 3. The minimum Gasteiger partial charge on any atom is -0.411 e. The van der Waals surface area contributed by atoms with Crippen LogP contribution >= 0.6 is 0 Å². The third-order valence-electron chi connectivity index (χ3n) is 2.64.